The summed E-state index contributed by atoms with van der Waals surface area (Å²) in [5.74, 6) is 0.379. The van der Waals surface area contributed by atoms with E-state index in [-0.39, 0.29) is 11.5 Å². The van der Waals surface area contributed by atoms with Crippen molar-refractivity contribution in [2.24, 2.45) is 5.92 Å². The van der Waals surface area contributed by atoms with Gasteiger partial charge < -0.3 is 4.74 Å². The fourth-order valence-electron chi connectivity index (χ4n) is 1.67. The van der Waals surface area contributed by atoms with Crippen molar-refractivity contribution >= 4 is 5.78 Å². The highest BCUT2D eigenvalue weighted by Crippen LogP contribution is 2.23. The smallest absolute Gasteiger partial charge is 0.155 e. The summed E-state index contributed by atoms with van der Waals surface area (Å²) in [6.45, 7) is 6.71. The molecule has 0 rings (SSSR count). The molecule has 90 valence electrons. The first-order valence-corrected chi connectivity index (χ1v) is 5.60. The largest absolute Gasteiger partial charge is 0.385 e. The number of hydrogen-bond donors (Lipinski definition) is 0. The molecule has 15 heavy (non-hydrogen) atoms. The number of ether oxygens (including phenoxy) is 1. The minimum Gasteiger partial charge on any atom is -0.385 e. The maximum atomic E-state index is 12.2. The predicted molar refractivity (Wildman–Crippen MR) is 63.0 cm³/mol. The zero-order valence-corrected chi connectivity index (χ0v) is 11.0. The topological polar surface area (TPSA) is 29.5 Å². The van der Waals surface area contributed by atoms with E-state index < -0.39 is 0 Å². The van der Waals surface area contributed by atoms with Crippen LogP contribution in [-0.4, -0.2) is 44.0 Å². The summed E-state index contributed by atoms with van der Waals surface area (Å²) in [7, 11) is 5.59. The molecule has 2 unspecified atom stereocenters. The lowest BCUT2D eigenvalue weighted by Gasteiger charge is -2.36. The molecule has 0 aliphatic rings. The Bertz CT molecular complexity index is 204. The molecule has 3 heteroatoms. The highest BCUT2D eigenvalue weighted by molar-refractivity contribution is 5.89. The van der Waals surface area contributed by atoms with Crippen molar-refractivity contribution in [1.82, 2.24) is 4.90 Å². The Balaban J connectivity index is 4.51. The zero-order valence-electron chi connectivity index (χ0n) is 11.0. The maximum Gasteiger partial charge on any atom is 0.155 e. The summed E-state index contributed by atoms with van der Waals surface area (Å²) in [5.41, 5.74) is -0.340. The number of carbonyl (C=O) groups excluding carboxylic acids is 1. The summed E-state index contributed by atoms with van der Waals surface area (Å²) in [4.78, 5) is 14.3. The van der Waals surface area contributed by atoms with Crippen molar-refractivity contribution in [3.8, 4) is 0 Å². The van der Waals surface area contributed by atoms with Crippen LogP contribution in [0.25, 0.3) is 0 Å². The quantitative estimate of drug-likeness (QED) is 0.650. The van der Waals surface area contributed by atoms with Crippen LogP contribution in [0.3, 0.4) is 0 Å². The molecule has 0 bridgehead atoms. The van der Waals surface area contributed by atoms with E-state index in [4.69, 9.17) is 4.74 Å². The summed E-state index contributed by atoms with van der Waals surface area (Å²) in [6, 6.07) is 0. The molecule has 0 radical (unpaired) electrons. The molecule has 0 aromatic rings. The Hall–Kier alpha value is -0.410. The molecule has 0 saturated heterocycles. The van der Waals surface area contributed by atoms with Crippen LogP contribution in [0.5, 0.6) is 0 Å². The Kier molecular flexibility index (Phi) is 6.06. The summed E-state index contributed by atoms with van der Waals surface area (Å²) in [5, 5.41) is 0. The Morgan fingerprint density at radius 2 is 2.00 bits per heavy atom. The number of likely N-dealkylation sites (N-methyl/N-ethyl adjacent to an activating group) is 1. The molecule has 0 aliphatic heterocycles. The predicted octanol–water partition coefficient (Wildman–Crippen LogP) is 1.96. The van der Waals surface area contributed by atoms with Gasteiger partial charge in [-0.3, -0.25) is 9.69 Å². The number of Topliss-reactive ketones (excluding diaryl/α,β-unsaturated/α-hetero) is 1. The van der Waals surface area contributed by atoms with Gasteiger partial charge in [0.1, 0.15) is 0 Å². The maximum absolute atomic E-state index is 12.2. The van der Waals surface area contributed by atoms with Crippen LogP contribution in [0.2, 0.25) is 0 Å². The first-order valence-electron chi connectivity index (χ1n) is 5.60. The van der Waals surface area contributed by atoms with Gasteiger partial charge in [0.05, 0.1) is 5.54 Å². The van der Waals surface area contributed by atoms with Crippen molar-refractivity contribution in [2.75, 3.05) is 27.8 Å². The fraction of sp³-hybridized carbons (Fsp3) is 0.917. The summed E-state index contributed by atoms with van der Waals surface area (Å²) >= 11 is 0. The van der Waals surface area contributed by atoms with E-state index in [1.54, 1.807) is 7.11 Å². The van der Waals surface area contributed by atoms with Gasteiger partial charge in [0, 0.05) is 19.6 Å². The van der Waals surface area contributed by atoms with E-state index in [9.17, 15) is 4.79 Å². The summed E-state index contributed by atoms with van der Waals surface area (Å²) < 4.78 is 5.00. The molecule has 0 amide bonds. The van der Waals surface area contributed by atoms with Crippen molar-refractivity contribution in [3.05, 3.63) is 0 Å². The van der Waals surface area contributed by atoms with Gasteiger partial charge >= 0.3 is 0 Å². The van der Waals surface area contributed by atoms with Crippen molar-refractivity contribution in [1.29, 1.82) is 0 Å². The number of rotatable bonds is 7. The van der Waals surface area contributed by atoms with E-state index in [0.717, 1.165) is 12.8 Å². The Labute approximate surface area is 93.8 Å². The summed E-state index contributed by atoms with van der Waals surface area (Å²) in [6.07, 6.45) is 1.65. The second-order valence-electron chi connectivity index (χ2n) is 4.57. The molecule has 3 nitrogen and oxygen atoms in total. The van der Waals surface area contributed by atoms with Crippen molar-refractivity contribution < 1.29 is 9.53 Å². The Morgan fingerprint density at radius 3 is 2.33 bits per heavy atom. The number of methoxy groups -OCH3 is 1. The average molecular weight is 215 g/mol. The molecule has 0 spiro atoms. The molecular weight excluding hydrogens is 190 g/mol. The van der Waals surface area contributed by atoms with E-state index in [1.165, 1.54) is 0 Å². The van der Waals surface area contributed by atoms with Crippen LogP contribution < -0.4 is 0 Å². The number of hydrogen-bond acceptors (Lipinski definition) is 3. The average Bonchev–Trinajstić information content (AvgIpc) is 2.23. The highest BCUT2D eigenvalue weighted by atomic mass is 16.5. The van der Waals surface area contributed by atoms with Gasteiger partial charge in [0.2, 0.25) is 0 Å². The highest BCUT2D eigenvalue weighted by Gasteiger charge is 2.35. The molecule has 0 N–H and O–H groups in total. The van der Waals surface area contributed by atoms with E-state index in [0.29, 0.717) is 12.4 Å². The molecule has 0 aromatic carbocycles. The molecule has 0 fully saturated rings. The van der Waals surface area contributed by atoms with Gasteiger partial charge in [0.15, 0.2) is 5.78 Å². The zero-order chi connectivity index (χ0) is 12.1. The van der Waals surface area contributed by atoms with Crippen LogP contribution in [0.1, 0.15) is 33.6 Å². The van der Waals surface area contributed by atoms with Crippen molar-refractivity contribution in [3.63, 3.8) is 0 Å². The minimum absolute atomic E-state index is 0.0669. The second kappa shape index (κ2) is 6.23. The first kappa shape index (κ1) is 14.6. The van der Waals surface area contributed by atoms with E-state index in [1.807, 2.05) is 32.8 Å². The standard InChI is InChI=1S/C12H25NO2/c1-7-12(3,13(4)5)11(14)10(2)8-9-15-6/h10H,7-9H2,1-6H3. The molecule has 0 saturated carbocycles. The third-order valence-corrected chi connectivity index (χ3v) is 3.41. The monoisotopic (exact) mass is 215 g/mol. The van der Waals surface area contributed by atoms with E-state index >= 15 is 0 Å². The van der Waals surface area contributed by atoms with Gasteiger partial charge in [-0.25, -0.2) is 0 Å². The van der Waals surface area contributed by atoms with Crippen LogP contribution >= 0.6 is 0 Å². The van der Waals surface area contributed by atoms with Crippen LogP contribution in [0.15, 0.2) is 0 Å². The first-order chi connectivity index (χ1) is 6.90. The molecular formula is C12H25NO2. The normalized spacial score (nSPS) is 17.5. The van der Waals surface area contributed by atoms with Gasteiger partial charge in [0.25, 0.3) is 0 Å². The number of ketones is 1. The molecule has 0 heterocycles. The van der Waals surface area contributed by atoms with Crippen molar-refractivity contribution in [2.45, 2.75) is 39.2 Å². The van der Waals surface area contributed by atoms with Gasteiger partial charge in [-0.2, -0.15) is 0 Å². The SMILES string of the molecule is CCC(C)(C(=O)C(C)CCOC)N(C)C. The lowest BCUT2D eigenvalue weighted by atomic mass is 9.83. The molecule has 2 atom stereocenters. The van der Waals surface area contributed by atoms with Gasteiger partial charge in [-0.05, 0) is 33.9 Å². The number of nitrogens with zero attached hydrogens (tertiary/aromatic N) is 1. The van der Waals surface area contributed by atoms with Gasteiger partial charge in [-0.1, -0.05) is 13.8 Å². The third kappa shape index (κ3) is 3.58. The minimum atomic E-state index is -0.340. The second-order valence-corrected chi connectivity index (χ2v) is 4.57. The fourth-order valence-corrected chi connectivity index (χ4v) is 1.67. The number of carbonyl (C=O) groups is 1. The lowest BCUT2D eigenvalue weighted by molar-refractivity contribution is -0.133. The lowest BCUT2D eigenvalue weighted by Crippen LogP contribution is -2.50. The molecule has 0 aliphatic carbocycles. The Morgan fingerprint density at radius 1 is 1.47 bits per heavy atom. The van der Waals surface area contributed by atoms with E-state index in [2.05, 4.69) is 6.92 Å². The third-order valence-electron chi connectivity index (χ3n) is 3.41. The molecule has 0 aromatic heterocycles. The van der Waals surface area contributed by atoms with Crippen LogP contribution in [0.4, 0.5) is 0 Å². The van der Waals surface area contributed by atoms with Gasteiger partial charge in [-0.15, -0.1) is 0 Å². The van der Waals surface area contributed by atoms with Crippen LogP contribution in [0, 0.1) is 5.92 Å². The van der Waals surface area contributed by atoms with Crippen LogP contribution in [-0.2, 0) is 9.53 Å².